The van der Waals surface area contributed by atoms with Gasteiger partial charge >= 0.3 is 0 Å². The lowest BCUT2D eigenvalue weighted by molar-refractivity contribution is 0.0985. The Hall–Kier alpha value is -0.930. The molecule has 0 heterocycles. The zero-order chi connectivity index (χ0) is 14.5. The molecular formula is C16H23ClO3. The summed E-state index contributed by atoms with van der Waals surface area (Å²) in [5.41, 5.74) is 0.819. The first-order valence-corrected chi connectivity index (χ1v) is 7.64. The molecule has 1 saturated carbocycles. The summed E-state index contributed by atoms with van der Waals surface area (Å²) in [7, 11) is 3.14. The molecule has 0 radical (unpaired) electrons. The lowest BCUT2D eigenvalue weighted by atomic mass is 9.89. The number of rotatable bonds is 4. The first-order chi connectivity index (χ1) is 9.67. The van der Waals surface area contributed by atoms with Crippen LogP contribution in [0.1, 0.15) is 50.2 Å². The van der Waals surface area contributed by atoms with Crippen LogP contribution in [0.5, 0.6) is 11.5 Å². The van der Waals surface area contributed by atoms with Crippen molar-refractivity contribution in [3.8, 4) is 11.5 Å². The summed E-state index contributed by atoms with van der Waals surface area (Å²) in [6.45, 7) is 0. The maximum absolute atomic E-state index is 10.6. The molecule has 112 valence electrons. The van der Waals surface area contributed by atoms with E-state index in [9.17, 15) is 5.11 Å². The lowest BCUT2D eigenvalue weighted by Gasteiger charge is -2.23. The van der Waals surface area contributed by atoms with Crippen LogP contribution in [-0.2, 0) is 0 Å². The summed E-state index contributed by atoms with van der Waals surface area (Å²) >= 11 is 6.21. The van der Waals surface area contributed by atoms with E-state index >= 15 is 0 Å². The van der Waals surface area contributed by atoms with Crippen molar-refractivity contribution in [2.75, 3.05) is 14.2 Å². The Morgan fingerprint density at radius 2 is 1.75 bits per heavy atom. The highest BCUT2D eigenvalue weighted by molar-refractivity contribution is 6.32. The van der Waals surface area contributed by atoms with Gasteiger partial charge in [0.1, 0.15) is 0 Å². The van der Waals surface area contributed by atoms with E-state index in [1.54, 1.807) is 20.3 Å². The minimum Gasteiger partial charge on any atom is -0.493 e. The molecule has 20 heavy (non-hydrogen) atoms. The highest BCUT2D eigenvalue weighted by Crippen LogP contribution is 2.41. The van der Waals surface area contributed by atoms with Crippen LogP contribution in [0.4, 0.5) is 0 Å². The second kappa shape index (κ2) is 7.19. The summed E-state index contributed by atoms with van der Waals surface area (Å²) < 4.78 is 10.5. The first-order valence-electron chi connectivity index (χ1n) is 7.27. The number of ether oxygens (including phenoxy) is 2. The van der Waals surface area contributed by atoms with Gasteiger partial charge in [-0.3, -0.25) is 0 Å². The van der Waals surface area contributed by atoms with E-state index in [1.165, 1.54) is 25.7 Å². The van der Waals surface area contributed by atoms with E-state index in [4.69, 9.17) is 21.1 Å². The van der Waals surface area contributed by atoms with Crippen molar-refractivity contribution in [2.24, 2.45) is 5.92 Å². The van der Waals surface area contributed by atoms with Crippen molar-refractivity contribution in [1.29, 1.82) is 0 Å². The zero-order valence-corrected chi connectivity index (χ0v) is 12.9. The topological polar surface area (TPSA) is 38.7 Å². The van der Waals surface area contributed by atoms with Crippen molar-refractivity contribution < 1.29 is 14.6 Å². The standard InChI is InChI=1S/C16H23ClO3/c1-19-14-10-12(9-13(17)16(14)20-2)15(18)11-7-5-3-4-6-8-11/h9-11,15,18H,3-8H2,1-2H3. The molecule has 0 spiro atoms. The summed E-state index contributed by atoms with van der Waals surface area (Å²) in [5.74, 6) is 1.40. The third-order valence-electron chi connectivity index (χ3n) is 4.14. The molecule has 1 aliphatic carbocycles. The quantitative estimate of drug-likeness (QED) is 0.839. The minimum absolute atomic E-state index is 0.312. The van der Waals surface area contributed by atoms with Crippen LogP contribution in [0.2, 0.25) is 5.02 Å². The number of hydrogen-bond acceptors (Lipinski definition) is 3. The highest BCUT2D eigenvalue weighted by atomic mass is 35.5. The van der Waals surface area contributed by atoms with Crippen LogP contribution in [-0.4, -0.2) is 19.3 Å². The average molecular weight is 299 g/mol. The van der Waals surface area contributed by atoms with Gasteiger partial charge in [0.15, 0.2) is 11.5 Å². The first kappa shape index (κ1) is 15.5. The summed E-state index contributed by atoms with van der Waals surface area (Å²) in [5, 5.41) is 11.1. The second-order valence-electron chi connectivity index (χ2n) is 5.43. The Labute approximate surface area is 125 Å². The molecule has 4 heteroatoms. The molecule has 1 unspecified atom stereocenters. The fourth-order valence-electron chi connectivity index (χ4n) is 3.01. The van der Waals surface area contributed by atoms with E-state index in [0.717, 1.165) is 18.4 Å². The largest absolute Gasteiger partial charge is 0.493 e. The normalized spacial score (nSPS) is 18.4. The SMILES string of the molecule is COc1cc(C(O)C2CCCCCC2)cc(Cl)c1OC. The van der Waals surface area contributed by atoms with Crippen LogP contribution < -0.4 is 9.47 Å². The third-order valence-corrected chi connectivity index (χ3v) is 4.42. The van der Waals surface area contributed by atoms with E-state index in [-0.39, 0.29) is 0 Å². The molecule has 0 aliphatic heterocycles. The Bertz CT molecular complexity index is 440. The second-order valence-corrected chi connectivity index (χ2v) is 5.84. The lowest BCUT2D eigenvalue weighted by Crippen LogP contribution is -2.12. The van der Waals surface area contributed by atoms with Crippen molar-refractivity contribution in [3.05, 3.63) is 22.7 Å². The molecule has 1 fully saturated rings. The number of aliphatic hydroxyl groups is 1. The number of benzene rings is 1. The molecule has 3 nitrogen and oxygen atoms in total. The summed E-state index contributed by atoms with van der Waals surface area (Å²) in [6, 6.07) is 3.62. The van der Waals surface area contributed by atoms with Gasteiger partial charge in [0, 0.05) is 0 Å². The Kier molecular flexibility index (Phi) is 5.55. The molecule has 0 amide bonds. The van der Waals surface area contributed by atoms with Gasteiger partial charge in [-0.2, -0.15) is 0 Å². The predicted molar refractivity (Wildman–Crippen MR) is 80.7 cm³/mol. The van der Waals surface area contributed by atoms with Crippen LogP contribution in [0.3, 0.4) is 0 Å². The van der Waals surface area contributed by atoms with Crippen LogP contribution in [0.25, 0.3) is 0 Å². The van der Waals surface area contributed by atoms with E-state index in [1.807, 2.05) is 6.07 Å². The molecule has 0 aromatic heterocycles. The van der Waals surface area contributed by atoms with E-state index in [0.29, 0.717) is 22.4 Å². The third kappa shape index (κ3) is 3.39. The Morgan fingerprint density at radius 1 is 1.10 bits per heavy atom. The summed E-state index contributed by atoms with van der Waals surface area (Å²) in [4.78, 5) is 0. The van der Waals surface area contributed by atoms with Crippen molar-refractivity contribution in [3.63, 3.8) is 0 Å². The fourth-order valence-corrected chi connectivity index (χ4v) is 3.30. The average Bonchev–Trinajstić information content (AvgIpc) is 2.74. The highest BCUT2D eigenvalue weighted by Gasteiger charge is 2.24. The zero-order valence-electron chi connectivity index (χ0n) is 12.2. The van der Waals surface area contributed by atoms with E-state index in [2.05, 4.69) is 0 Å². The number of halogens is 1. The Balaban J connectivity index is 2.24. The van der Waals surface area contributed by atoms with Crippen LogP contribution in [0.15, 0.2) is 12.1 Å². The minimum atomic E-state index is -0.481. The van der Waals surface area contributed by atoms with Gasteiger partial charge in [0.25, 0.3) is 0 Å². The van der Waals surface area contributed by atoms with Crippen LogP contribution >= 0.6 is 11.6 Å². The molecule has 1 atom stereocenters. The monoisotopic (exact) mass is 298 g/mol. The van der Waals surface area contributed by atoms with Gasteiger partial charge in [0.2, 0.25) is 0 Å². The molecule has 0 saturated heterocycles. The molecular weight excluding hydrogens is 276 g/mol. The van der Waals surface area contributed by atoms with Gasteiger partial charge in [-0.1, -0.05) is 37.3 Å². The number of aliphatic hydroxyl groups excluding tert-OH is 1. The number of hydrogen-bond donors (Lipinski definition) is 1. The van der Waals surface area contributed by atoms with Crippen molar-refractivity contribution >= 4 is 11.6 Å². The smallest absolute Gasteiger partial charge is 0.179 e. The maximum Gasteiger partial charge on any atom is 0.179 e. The molecule has 1 aliphatic rings. The fraction of sp³-hybridized carbons (Fsp3) is 0.625. The summed E-state index contributed by atoms with van der Waals surface area (Å²) in [6.07, 6.45) is 6.61. The molecule has 1 aromatic rings. The molecule has 0 bridgehead atoms. The van der Waals surface area contributed by atoms with E-state index < -0.39 is 6.10 Å². The van der Waals surface area contributed by atoms with Gasteiger partial charge in [0.05, 0.1) is 25.3 Å². The van der Waals surface area contributed by atoms with Gasteiger partial charge in [-0.05, 0) is 36.5 Å². The molecule has 1 N–H and O–H groups in total. The molecule has 1 aromatic carbocycles. The predicted octanol–water partition coefficient (Wildman–Crippen LogP) is 4.36. The molecule has 2 rings (SSSR count). The van der Waals surface area contributed by atoms with Crippen molar-refractivity contribution in [1.82, 2.24) is 0 Å². The van der Waals surface area contributed by atoms with Gasteiger partial charge in [-0.25, -0.2) is 0 Å². The van der Waals surface area contributed by atoms with Gasteiger partial charge in [-0.15, -0.1) is 0 Å². The maximum atomic E-state index is 10.6. The van der Waals surface area contributed by atoms with Gasteiger partial charge < -0.3 is 14.6 Å². The van der Waals surface area contributed by atoms with Crippen molar-refractivity contribution in [2.45, 2.75) is 44.6 Å². The number of methoxy groups -OCH3 is 2. The van der Waals surface area contributed by atoms with Crippen LogP contribution in [0, 0.1) is 5.92 Å². The Morgan fingerprint density at radius 3 is 2.30 bits per heavy atom.